The quantitative estimate of drug-likeness (QED) is 0.188. The van der Waals surface area contributed by atoms with Gasteiger partial charge in [-0.3, -0.25) is 9.48 Å². The fourth-order valence-corrected chi connectivity index (χ4v) is 4.11. The Morgan fingerprint density at radius 1 is 0.852 bits per heavy atom. The lowest BCUT2D eigenvalue weighted by Gasteiger charge is -2.11. The van der Waals surface area contributed by atoms with Gasteiger partial charge in [-0.15, -0.1) is 0 Å². The van der Waals surface area contributed by atoms with Crippen LogP contribution in [0.3, 0.4) is 0 Å². The molecular weight excluding hydrogens is 330 g/mol. The first-order valence-electron chi connectivity index (χ1n) is 12.0. The van der Waals surface area contributed by atoms with Crippen molar-refractivity contribution < 1.29 is 4.58 Å². The number of hydrogen-bond donors (Lipinski definition) is 1. The summed E-state index contributed by atoms with van der Waals surface area (Å²) in [4.78, 5) is 2.55. The Morgan fingerprint density at radius 3 is 2.04 bits per heavy atom. The molecule has 1 heterocycles. The highest BCUT2D eigenvalue weighted by molar-refractivity contribution is 5.78. The van der Waals surface area contributed by atoms with Crippen molar-refractivity contribution in [1.82, 2.24) is 4.90 Å². The number of hydrogen-bond acceptors (Lipinski definition) is 2. The van der Waals surface area contributed by atoms with Gasteiger partial charge in [-0.2, -0.15) is 0 Å². The largest absolute Gasteiger partial charge is 0.327 e. The van der Waals surface area contributed by atoms with Gasteiger partial charge in [0.1, 0.15) is 13.1 Å². The zero-order chi connectivity index (χ0) is 19.6. The fraction of sp³-hybridized carbons (Fsp3) is 0.875. The van der Waals surface area contributed by atoms with Crippen molar-refractivity contribution in [2.45, 2.75) is 104 Å². The molecule has 0 aliphatic carbocycles. The number of likely N-dealkylation sites (N-methyl/N-ethyl adjacent to an activating group) is 1. The lowest BCUT2D eigenvalue weighted by molar-refractivity contribution is -0.516. The third-order valence-electron chi connectivity index (χ3n) is 5.81. The maximum atomic E-state index is 5.76. The standard InChI is InChI=1S/C24H48N3/c1-3-5-6-7-8-9-10-11-12-13-14-15-16-17-18-19-24-26(4-2)22-23-27(24)21-20-25/h11-12H,3-10,13-23,25H2,1-2H3/q+1/b12-11-. The molecule has 158 valence electrons. The first kappa shape index (κ1) is 24.2. The topological polar surface area (TPSA) is 32.3 Å². The number of nitrogens with two attached hydrogens (primary N) is 1. The van der Waals surface area contributed by atoms with Crippen LogP contribution in [0.5, 0.6) is 0 Å². The first-order chi connectivity index (χ1) is 13.3. The molecular formula is C24H48N3+. The predicted molar refractivity (Wildman–Crippen MR) is 121 cm³/mol. The SMILES string of the molecule is CCCCCCCC/C=C\CCCCCCCC1=[N+](CCN)CCN1CC. The Labute approximate surface area is 170 Å². The van der Waals surface area contributed by atoms with E-state index in [1.54, 1.807) is 5.84 Å². The average molecular weight is 379 g/mol. The first-order valence-corrected chi connectivity index (χ1v) is 12.0. The third kappa shape index (κ3) is 11.6. The second-order valence-electron chi connectivity index (χ2n) is 8.11. The van der Waals surface area contributed by atoms with Gasteiger partial charge in [0.25, 0.3) is 0 Å². The Balaban J connectivity index is 1.95. The van der Waals surface area contributed by atoms with Crippen LogP contribution in [-0.4, -0.2) is 48.0 Å². The van der Waals surface area contributed by atoms with Crippen molar-refractivity contribution in [2.75, 3.05) is 32.7 Å². The molecule has 0 aromatic carbocycles. The lowest BCUT2D eigenvalue weighted by atomic mass is 10.1. The van der Waals surface area contributed by atoms with Crippen LogP contribution in [0.2, 0.25) is 0 Å². The highest BCUT2D eigenvalue weighted by Gasteiger charge is 2.27. The molecule has 0 aromatic rings. The molecule has 0 unspecified atom stereocenters. The van der Waals surface area contributed by atoms with Crippen LogP contribution in [0.4, 0.5) is 0 Å². The van der Waals surface area contributed by atoms with Crippen molar-refractivity contribution in [3.63, 3.8) is 0 Å². The summed E-state index contributed by atoms with van der Waals surface area (Å²) in [6.45, 7) is 9.86. The maximum Gasteiger partial charge on any atom is 0.247 e. The zero-order valence-corrected chi connectivity index (χ0v) is 18.6. The van der Waals surface area contributed by atoms with Gasteiger partial charge < -0.3 is 5.73 Å². The molecule has 1 rings (SSSR count). The molecule has 1 aliphatic rings. The van der Waals surface area contributed by atoms with E-state index in [1.807, 2.05) is 0 Å². The van der Waals surface area contributed by atoms with Crippen LogP contribution in [0.15, 0.2) is 12.2 Å². The molecule has 2 N–H and O–H groups in total. The molecule has 0 amide bonds. The number of nitrogens with zero attached hydrogens (tertiary/aromatic N) is 2. The molecule has 1 aliphatic heterocycles. The smallest absolute Gasteiger partial charge is 0.247 e. The highest BCUT2D eigenvalue weighted by atomic mass is 15.3. The summed E-state index contributed by atoms with van der Waals surface area (Å²) >= 11 is 0. The van der Waals surface area contributed by atoms with Crippen molar-refractivity contribution in [1.29, 1.82) is 0 Å². The van der Waals surface area contributed by atoms with Gasteiger partial charge in [0.15, 0.2) is 0 Å². The van der Waals surface area contributed by atoms with Crippen LogP contribution >= 0.6 is 0 Å². The number of rotatable bonds is 18. The molecule has 0 saturated carbocycles. The van der Waals surface area contributed by atoms with E-state index in [-0.39, 0.29) is 0 Å². The summed E-state index contributed by atoms with van der Waals surface area (Å²) in [5.74, 6) is 1.56. The van der Waals surface area contributed by atoms with Gasteiger partial charge >= 0.3 is 0 Å². The highest BCUT2D eigenvalue weighted by Crippen LogP contribution is 2.12. The minimum Gasteiger partial charge on any atom is -0.327 e. The normalized spacial score (nSPS) is 14.9. The maximum absolute atomic E-state index is 5.76. The summed E-state index contributed by atoms with van der Waals surface area (Å²) in [5.41, 5.74) is 5.76. The van der Waals surface area contributed by atoms with E-state index in [9.17, 15) is 0 Å². The van der Waals surface area contributed by atoms with Crippen molar-refractivity contribution in [3.05, 3.63) is 12.2 Å². The average Bonchev–Trinajstić information content (AvgIpc) is 3.07. The Kier molecular flexibility index (Phi) is 15.5. The molecule has 0 aromatic heterocycles. The van der Waals surface area contributed by atoms with E-state index < -0.39 is 0 Å². The van der Waals surface area contributed by atoms with Gasteiger partial charge in [-0.1, -0.05) is 70.4 Å². The summed E-state index contributed by atoms with van der Waals surface area (Å²) in [6.07, 6.45) is 23.9. The zero-order valence-electron chi connectivity index (χ0n) is 18.6. The monoisotopic (exact) mass is 378 g/mol. The number of allylic oxidation sites excluding steroid dienone is 2. The number of unbranched alkanes of at least 4 members (excludes halogenated alkanes) is 11. The van der Waals surface area contributed by atoms with Crippen LogP contribution in [0, 0.1) is 0 Å². The van der Waals surface area contributed by atoms with Crippen molar-refractivity contribution in [3.8, 4) is 0 Å². The van der Waals surface area contributed by atoms with Crippen molar-refractivity contribution >= 4 is 5.84 Å². The summed E-state index contributed by atoms with van der Waals surface area (Å²) < 4.78 is 2.51. The van der Waals surface area contributed by atoms with E-state index in [2.05, 4.69) is 35.5 Å². The van der Waals surface area contributed by atoms with Gasteiger partial charge in [-0.05, 0) is 39.0 Å². The summed E-state index contributed by atoms with van der Waals surface area (Å²) in [5, 5.41) is 0. The van der Waals surface area contributed by atoms with Gasteiger partial charge in [0.2, 0.25) is 5.84 Å². The lowest BCUT2D eigenvalue weighted by Crippen LogP contribution is -2.30. The van der Waals surface area contributed by atoms with Crippen molar-refractivity contribution in [2.24, 2.45) is 5.73 Å². The molecule has 0 radical (unpaired) electrons. The predicted octanol–water partition coefficient (Wildman–Crippen LogP) is 5.73. The fourth-order valence-electron chi connectivity index (χ4n) is 4.11. The Morgan fingerprint density at radius 2 is 1.44 bits per heavy atom. The molecule has 0 spiro atoms. The second kappa shape index (κ2) is 17.3. The Hall–Kier alpha value is -0.830. The minimum atomic E-state index is 0.771. The molecule has 3 heteroatoms. The van der Waals surface area contributed by atoms with Crippen LogP contribution in [-0.2, 0) is 0 Å². The molecule has 27 heavy (non-hydrogen) atoms. The third-order valence-corrected chi connectivity index (χ3v) is 5.81. The van der Waals surface area contributed by atoms with E-state index in [1.165, 1.54) is 103 Å². The molecule has 0 atom stereocenters. The molecule has 0 fully saturated rings. The van der Waals surface area contributed by atoms with Gasteiger partial charge in [0.05, 0.1) is 13.1 Å². The molecule has 3 nitrogen and oxygen atoms in total. The van der Waals surface area contributed by atoms with Crippen LogP contribution in [0.1, 0.15) is 104 Å². The van der Waals surface area contributed by atoms with Gasteiger partial charge in [0, 0.05) is 13.0 Å². The summed E-state index contributed by atoms with van der Waals surface area (Å²) in [7, 11) is 0. The van der Waals surface area contributed by atoms with E-state index in [0.717, 1.165) is 19.6 Å². The van der Waals surface area contributed by atoms with E-state index in [4.69, 9.17) is 5.73 Å². The summed E-state index contributed by atoms with van der Waals surface area (Å²) in [6, 6.07) is 0. The molecule has 0 bridgehead atoms. The van der Waals surface area contributed by atoms with Crippen LogP contribution < -0.4 is 5.73 Å². The molecule has 0 saturated heterocycles. The minimum absolute atomic E-state index is 0.771. The van der Waals surface area contributed by atoms with Gasteiger partial charge in [-0.25, -0.2) is 0 Å². The Bertz CT molecular complexity index is 400. The second-order valence-corrected chi connectivity index (χ2v) is 8.11. The van der Waals surface area contributed by atoms with Crippen LogP contribution in [0.25, 0.3) is 0 Å². The van der Waals surface area contributed by atoms with E-state index >= 15 is 0 Å². The number of amidine groups is 1. The van der Waals surface area contributed by atoms with E-state index in [0.29, 0.717) is 0 Å².